The van der Waals surface area contributed by atoms with E-state index >= 15 is 0 Å². The monoisotopic (exact) mass is 360 g/mol. The largest absolute Gasteiger partial charge is 0.383 e. The molecule has 1 fully saturated rings. The second-order valence-electron chi connectivity index (χ2n) is 6.86. The topological polar surface area (TPSA) is 78.3 Å². The minimum atomic E-state index is 0.114. The van der Waals surface area contributed by atoms with Crippen LogP contribution >= 0.6 is 0 Å². The SMILES string of the molecule is COC[C@@H](C)n1c(CCCC(=O)NC2CCOCC2)nc2cccnc21. The Morgan fingerprint density at radius 3 is 3.04 bits per heavy atom. The number of aromatic nitrogens is 3. The lowest BCUT2D eigenvalue weighted by Gasteiger charge is -2.23. The van der Waals surface area contributed by atoms with Crippen molar-refractivity contribution in [1.82, 2.24) is 19.9 Å². The molecule has 1 amide bonds. The Hall–Kier alpha value is -1.99. The molecule has 3 rings (SSSR count). The fourth-order valence-corrected chi connectivity index (χ4v) is 3.48. The Labute approximate surface area is 154 Å². The molecule has 1 aliphatic heterocycles. The predicted molar refractivity (Wildman–Crippen MR) is 99.0 cm³/mol. The number of pyridine rings is 1. The lowest BCUT2D eigenvalue weighted by atomic mass is 10.1. The van der Waals surface area contributed by atoms with Crippen LogP contribution in [-0.2, 0) is 20.7 Å². The van der Waals surface area contributed by atoms with Crippen molar-refractivity contribution in [3.63, 3.8) is 0 Å². The molecule has 0 saturated carbocycles. The number of hydrogen-bond acceptors (Lipinski definition) is 5. The number of imidazole rings is 1. The molecular formula is C19H28N4O3. The second kappa shape index (κ2) is 9.09. The summed E-state index contributed by atoms with van der Waals surface area (Å²) in [6, 6.07) is 4.27. The van der Waals surface area contributed by atoms with Gasteiger partial charge in [0.25, 0.3) is 0 Å². The molecule has 0 radical (unpaired) electrons. The molecule has 0 aromatic carbocycles. The second-order valence-corrected chi connectivity index (χ2v) is 6.86. The summed E-state index contributed by atoms with van der Waals surface area (Å²) in [4.78, 5) is 21.4. The van der Waals surface area contributed by atoms with Gasteiger partial charge in [0.05, 0.1) is 12.6 Å². The first-order chi connectivity index (χ1) is 12.7. The van der Waals surface area contributed by atoms with Gasteiger partial charge in [-0.25, -0.2) is 9.97 Å². The average molecular weight is 360 g/mol. The van der Waals surface area contributed by atoms with Gasteiger partial charge in [-0.05, 0) is 38.3 Å². The van der Waals surface area contributed by atoms with Gasteiger partial charge < -0.3 is 19.4 Å². The summed E-state index contributed by atoms with van der Waals surface area (Å²) in [5.41, 5.74) is 1.76. The van der Waals surface area contributed by atoms with Crippen molar-refractivity contribution in [2.24, 2.45) is 0 Å². The summed E-state index contributed by atoms with van der Waals surface area (Å²) in [6.07, 6.45) is 5.60. The summed E-state index contributed by atoms with van der Waals surface area (Å²) < 4.78 is 12.8. The molecule has 0 bridgehead atoms. The van der Waals surface area contributed by atoms with Crippen molar-refractivity contribution < 1.29 is 14.3 Å². The zero-order valence-electron chi connectivity index (χ0n) is 15.6. The van der Waals surface area contributed by atoms with Crippen LogP contribution in [0.25, 0.3) is 11.2 Å². The summed E-state index contributed by atoms with van der Waals surface area (Å²) in [5, 5.41) is 3.11. The first-order valence-electron chi connectivity index (χ1n) is 9.37. The van der Waals surface area contributed by atoms with Gasteiger partial charge in [-0.15, -0.1) is 0 Å². The van der Waals surface area contributed by atoms with Crippen LogP contribution in [0.3, 0.4) is 0 Å². The summed E-state index contributed by atoms with van der Waals surface area (Å²) >= 11 is 0. The first kappa shape index (κ1) is 18.8. The average Bonchev–Trinajstić information content (AvgIpc) is 3.01. The lowest BCUT2D eigenvalue weighted by Crippen LogP contribution is -2.38. The molecule has 1 aliphatic rings. The molecule has 2 aromatic heterocycles. The maximum atomic E-state index is 12.2. The Morgan fingerprint density at radius 1 is 1.46 bits per heavy atom. The highest BCUT2D eigenvalue weighted by atomic mass is 16.5. The standard InChI is InChI=1S/C19H28N4O3/c1-14(13-25-2)23-17(22-16-5-4-10-20-19(16)23)6-3-7-18(24)21-15-8-11-26-12-9-15/h4-5,10,14-15H,3,6-9,11-13H2,1-2H3,(H,21,24)/t14-/m1/s1. The van der Waals surface area contributed by atoms with E-state index in [0.717, 1.165) is 55.9 Å². The number of ether oxygens (including phenoxy) is 2. The Morgan fingerprint density at radius 2 is 2.27 bits per heavy atom. The van der Waals surface area contributed by atoms with Crippen LogP contribution in [0.5, 0.6) is 0 Å². The van der Waals surface area contributed by atoms with Gasteiger partial charge >= 0.3 is 0 Å². The summed E-state index contributed by atoms with van der Waals surface area (Å²) in [6.45, 7) is 4.17. The number of amides is 1. The molecule has 0 unspecified atom stereocenters. The highest BCUT2D eigenvalue weighted by Gasteiger charge is 2.18. The predicted octanol–water partition coefficient (Wildman–Crippen LogP) is 2.26. The maximum Gasteiger partial charge on any atom is 0.220 e. The Kier molecular flexibility index (Phi) is 6.57. The first-order valence-corrected chi connectivity index (χ1v) is 9.37. The highest BCUT2D eigenvalue weighted by Crippen LogP contribution is 2.21. The number of nitrogens with one attached hydrogen (secondary N) is 1. The van der Waals surface area contributed by atoms with E-state index in [1.54, 1.807) is 13.3 Å². The van der Waals surface area contributed by atoms with Gasteiger partial charge in [-0.1, -0.05) is 0 Å². The van der Waals surface area contributed by atoms with Crippen LogP contribution < -0.4 is 5.32 Å². The fourth-order valence-electron chi connectivity index (χ4n) is 3.48. The fraction of sp³-hybridized carbons (Fsp3) is 0.632. The third-order valence-electron chi connectivity index (χ3n) is 4.76. The number of methoxy groups -OCH3 is 1. The van der Waals surface area contributed by atoms with Crippen LogP contribution in [0.1, 0.15) is 44.5 Å². The van der Waals surface area contributed by atoms with Crippen molar-refractivity contribution in [3.8, 4) is 0 Å². The number of hydrogen-bond donors (Lipinski definition) is 1. The summed E-state index contributed by atoms with van der Waals surface area (Å²) in [7, 11) is 1.70. The summed E-state index contributed by atoms with van der Waals surface area (Å²) in [5.74, 6) is 1.07. The molecule has 1 saturated heterocycles. The third kappa shape index (κ3) is 4.59. The van der Waals surface area contributed by atoms with Gasteiger partial charge in [-0.2, -0.15) is 0 Å². The molecule has 7 heteroatoms. The van der Waals surface area contributed by atoms with Gasteiger partial charge in [0.15, 0.2) is 5.65 Å². The van der Waals surface area contributed by atoms with Crippen molar-refractivity contribution in [1.29, 1.82) is 0 Å². The smallest absolute Gasteiger partial charge is 0.220 e. The molecule has 26 heavy (non-hydrogen) atoms. The van der Waals surface area contributed by atoms with E-state index in [1.165, 1.54) is 0 Å². The quantitative estimate of drug-likeness (QED) is 0.781. The Balaban J connectivity index is 1.61. The number of fused-ring (bicyclic) bond motifs is 1. The molecule has 7 nitrogen and oxygen atoms in total. The van der Waals surface area contributed by atoms with E-state index in [9.17, 15) is 4.79 Å². The molecule has 2 aromatic rings. The maximum absolute atomic E-state index is 12.2. The van der Waals surface area contributed by atoms with E-state index < -0.39 is 0 Å². The Bertz CT molecular complexity index is 725. The zero-order valence-corrected chi connectivity index (χ0v) is 15.6. The van der Waals surface area contributed by atoms with E-state index in [4.69, 9.17) is 14.5 Å². The van der Waals surface area contributed by atoms with E-state index in [0.29, 0.717) is 13.0 Å². The van der Waals surface area contributed by atoms with Crippen LogP contribution in [0, 0.1) is 0 Å². The minimum absolute atomic E-state index is 0.114. The lowest BCUT2D eigenvalue weighted by molar-refractivity contribution is -0.122. The van der Waals surface area contributed by atoms with Crippen molar-refractivity contribution >= 4 is 17.1 Å². The van der Waals surface area contributed by atoms with Gasteiger partial charge in [-0.3, -0.25) is 4.79 Å². The number of aryl methyl sites for hydroxylation is 1. The molecule has 0 aliphatic carbocycles. The van der Waals surface area contributed by atoms with E-state index in [2.05, 4.69) is 21.8 Å². The number of rotatable bonds is 8. The van der Waals surface area contributed by atoms with Crippen LogP contribution in [-0.4, -0.2) is 53.4 Å². The van der Waals surface area contributed by atoms with Gasteiger partial charge in [0, 0.05) is 45.4 Å². The van der Waals surface area contributed by atoms with Crippen molar-refractivity contribution in [3.05, 3.63) is 24.2 Å². The minimum Gasteiger partial charge on any atom is -0.383 e. The molecule has 1 atom stereocenters. The van der Waals surface area contributed by atoms with E-state index in [1.807, 2.05) is 12.1 Å². The van der Waals surface area contributed by atoms with Crippen molar-refractivity contribution in [2.45, 2.75) is 51.1 Å². The van der Waals surface area contributed by atoms with Crippen LogP contribution in [0.2, 0.25) is 0 Å². The molecular weight excluding hydrogens is 332 g/mol. The molecule has 0 spiro atoms. The number of carbonyl (C=O) groups excluding carboxylic acids is 1. The van der Waals surface area contributed by atoms with Gasteiger partial charge in [0.2, 0.25) is 5.91 Å². The number of carbonyl (C=O) groups is 1. The molecule has 1 N–H and O–H groups in total. The normalized spacial score (nSPS) is 16.7. The zero-order chi connectivity index (χ0) is 18.4. The third-order valence-corrected chi connectivity index (χ3v) is 4.76. The molecule has 142 valence electrons. The van der Waals surface area contributed by atoms with Crippen molar-refractivity contribution in [2.75, 3.05) is 26.9 Å². The van der Waals surface area contributed by atoms with Gasteiger partial charge in [0.1, 0.15) is 11.3 Å². The van der Waals surface area contributed by atoms with Crippen LogP contribution in [0.4, 0.5) is 0 Å². The molecule has 3 heterocycles. The highest BCUT2D eigenvalue weighted by molar-refractivity contribution is 5.76. The van der Waals surface area contributed by atoms with E-state index in [-0.39, 0.29) is 18.0 Å². The van der Waals surface area contributed by atoms with Crippen LogP contribution in [0.15, 0.2) is 18.3 Å². The number of nitrogens with zero attached hydrogens (tertiary/aromatic N) is 3.